The maximum Gasteiger partial charge on any atom is 0.233 e. The van der Waals surface area contributed by atoms with Gasteiger partial charge in [0.25, 0.3) is 0 Å². The number of hydrogen-bond acceptors (Lipinski definition) is 2. The maximum absolute atomic E-state index is 12.5. The predicted molar refractivity (Wildman–Crippen MR) is 85.6 cm³/mol. The molecule has 20 heavy (non-hydrogen) atoms. The Labute approximate surface area is 129 Å². The van der Waals surface area contributed by atoms with Gasteiger partial charge in [-0.2, -0.15) is 0 Å². The van der Waals surface area contributed by atoms with E-state index < -0.39 is 5.41 Å². The molecule has 1 aromatic carbocycles. The molecule has 2 rings (SSSR count). The molecule has 5 heteroatoms. The Kier molecular flexibility index (Phi) is 4.35. The summed E-state index contributed by atoms with van der Waals surface area (Å²) in [5, 5.41) is 3.64. The van der Waals surface area contributed by atoms with Gasteiger partial charge in [0, 0.05) is 5.02 Å². The van der Waals surface area contributed by atoms with Crippen LogP contribution >= 0.6 is 23.8 Å². The van der Waals surface area contributed by atoms with Crippen LogP contribution in [-0.2, 0) is 4.79 Å². The van der Waals surface area contributed by atoms with E-state index in [0.29, 0.717) is 15.9 Å². The molecule has 1 unspecified atom stereocenters. The van der Waals surface area contributed by atoms with Crippen LogP contribution in [0.15, 0.2) is 24.3 Å². The van der Waals surface area contributed by atoms with Crippen LogP contribution < -0.4 is 11.1 Å². The summed E-state index contributed by atoms with van der Waals surface area (Å²) in [5.41, 5.74) is 6.00. The number of carbonyl (C=O) groups is 1. The minimum atomic E-state index is -0.676. The van der Waals surface area contributed by atoms with Gasteiger partial charge in [0.1, 0.15) is 0 Å². The lowest BCUT2D eigenvalue weighted by molar-refractivity contribution is -0.133. The van der Waals surface area contributed by atoms with Crippen LogP contribution in [0.25, 0.3) is 0 Å². The van der Waals surface area contributed by atoms with Crippen LogP contribution in [0, 0.1) is 11.3 Å². The van der Waals surface area contributed by atoms with E-state index in [1.54, 1.807) is 0 Å². The lowest BCUT2D eigenvalue weighted by atomic mass is 9.62. The standard InChI is InChI=1S/C15H19ClN2OS/c1-9-7-15(8-9,13(17)20)14(19)18-10(2)11-5-3-4-6-12(11)16/h3-6,9-10H,7-8H2,1-2H3,(H2,17,20)(H,18,19). The van der Waals surface area contributed by atoms with E-state index in [-0.39, 0.29) is 11.9 Å². The average Bonchev–Trinajstić information content (AvgIpc) is 2.34. The van der Waals surface area contributed by atoms with E-state index in [2.05, 4.69) is 12.2 Å². The summed E-state index contributed by atoms with van der Waals surface area (Å²) < 4.78 is 0. The first kappa shape index (κ1) is 15.3. The molecular formula is C15H19ClN2OS. The third-order valence-electron chi connectivity index (χ3n) is 4.02. The molecule has 1 aromatic rings. The largest absolute Gasteiger partial charge is 0.392 e. The van der Waals surface area contributed by atoms with Crippen LogP contribution in [0.1, 0.15) is 38.3 Å². The number of benzene rings is 1. The van der Waals surface area contributed by atoms with Gasteiger partial charge >= 0.3 is 0 Å². The van der Waals surface area contributed by atoms with Gasteiger partial charge in [0.2, 0.25) is 5.91 Å². The third kappa shape index (κ3) is 2.67. The van der Waals surface area contributed by atoms with E-state index >= 15 is 0 Å². The van der Waals surface area contributed by atoms with Gasteiger partial charge in [-0.1, -0.05) is 48.9 Å². The number of carbonyl (C=O) groups excluding carboxylic acids is 1. The lowest BCUT2D eigenvalue weighted by Crippen LogP contribution is -2.56. The number of rotatable bonds is 4. The van der Waals surface area contributed by atoms with Crippen molar-refractivity contribution in [2.45, 2.75) is 32.7 Å². The Morgan fingerprint density at radius 3 is 2.60 bits per heavy atom. The van der Waals surface area contributed by atoms with Crippen LogP contribution in [-0.4, -0.2) is 10.9 Å². The summed E-state index contributed by atoms with van der Waals surface area (Å²) in [5.74, 6) is 0.397. The Morgan fingerprint density at radius 2 is 2.10 bits per heavy atom. The number of thiocarbonyl (C=S) groups is 1. The Hall–Kier alpha value is -1.13. The quantitative estimate of drug-likeness (QED) is 0.840. The number of nitrogens with one attached hydrogen (secondary N) is 1. The Morgan fingerprint density at radius 1 is 1.50 bits per heavy atom. The maximum atomic E-state index is 12.5. The molecular weight excluding hydrogens is 292 g/mol. The molecule has 3 nitrogen and oxygen atoms in total. The second kappa shape index (κ2) is 5.70. The van der Waals surface area contributed by atoms with Crippen molar-refractivity contribution in [3.8, 4) is 0 Å². The molecule has 1 aliphatic rings. The lowest BCUT2D eigenvalue weighted by Gasteiger charge is -2.44. The highest BCUT2D eigenvalue weighted by Gasteiger charge is 2.51. The van der Waals surface area contributed by atoms with Gasteiger partial charge in [0.05, 0.1) is 16.4 Å². The average molecular weight is 311 g/mol. The van der Waals surface area contributed by atoms with Gasteiger partial charge < -0.3 is 11.1 Å². The normalized spacial score (nSPS) is 26.4. The zero-order chi connectivity index (χ0) is 14.9. The van der Waals surface area contributed by atoms with Gasteiger partial charge in [-0.25, -0.2) is 0 Å². The van der Waals surface area contributed by atoms with E-state index in [1.165, 1.54) is 0 Å². The molecule has 3 N–H and O–H groups in total. The van der Waals surface area contributed by atoms with Crippen LogP contribution in [0.3, 0.4) is 0 Å². The van der Waals surface area contributed by atoms with Crippen molar-refractivity contribution in [1.29, 1.82) is 0 Å². The molecule has 0 saturated heterocycles. The zero-order valence-electron chi connectivity index (χ0n) is 11.7. The smallest absolute Gasteiger partial charge is 0.233 e. The highest BCUT2D eigenvalue weighted by molar-refractivity contribution is 7.80. The monoisotopic (exact) mass is 310 g/mol. The van der Waals surface area contributed by atoms with Gasteiger partial charge in [-0.05, 0) is 37.3 Å². The fourth-order valence-corrected chi connectivity index (χ4v) is 3.43. The summed E-state index contributed by atoms with van der Waals surface area (Å²) in [6, 6.07) is 7.32. The molecule has 1 atom stereocenters. The fourth-order valence-electron chi connectivity index (χ4n) is 2.87. The highest BCUT2D eigenvalue weighted by atomic mass is 35.5. The molecule has 0 aliphatic heterocycles. The molecule has 0 spiro atoms. The number of nitrogens with two attached hydrogens (primary N) is 1. The van der Waals surface area contributed by atoms with E-state index in [9.17, 15) is 4.79 Å². The number of amides is 1. The van der Waals surface area contributed by atoms with Gasteiger partial charge in [0.15, 0.2) is 0 Å². The van der Waals surface area contributed by atoms with E-state index in [0.717, 1.165) is 18.4 Å². The summed E-state index contributed by atoms with van der Waals surface area (Å²) >= 11 is 11.2. The van der Waals surface area contributed by atoms with Crippen molar-refractivity contribution in [1.82, 2.24) is 5.32 Å². The second-order valence-corrected chi connectivity index (χ2v) is 6.52. The second-order valence-electron chi connectivity index (χ2n) is 5.68. The van der Waals surface area contributed by atoms with Crippen LogP contribution in [0.5, 0.6) is 0 Å². The van der Waals surface area contributed by atoms with Crippen molar-refractivity contribution in [3.63, 3.8) is 0 Å². The van der Waals surface area contributed by atoms with Crippen molar-refractivity contribution < 1.29 is 4.79 Å². The minimum absolute atomic E-state index is 0.0875. The van der Waals surface area contributed by atoms with Crippen molar-refractivity contribution >= 4 is 34.7 Å². The predicted octanol–water partition coefficient (Wildman–Crippen LogP) is 3.22. The SMILES string of the molecule is CC1CC(C(=O)NC(C)c2ccccc2Cl)(C(N)=S)C1. The molecule has 0 radical (unpaired) electrons. The molecule has 1 saturated carbocycles. The molecule has 1 fully saturated rings. The summed E-state index contributed by atoms with van der Waals surface area (Å²) in [7, 11) is 0. The number of halogens is 1. The van der Waals surface area contributed by atoms with Crippen LogP contribution in [0.4, 0.5) is 0 Å². The fraction of sp³-hybridized carbons (Fsp3) is 0.467. The van der Waals surface area contributed by atoms with E-state index in [1.807, 2.05) is 31.2 Å². The van der Waals surface area contributed by atoms with E-state index in [4.69, 9.17) is 29.6 Å². The third-order valence-corrected chi connectivity index (χ3v) is 4.75. The first-order chi connectivity index (χ1) is 9.36. The molecule has 108 valence electrons. The van der Waals surface area contributed by atoms with Crippen LogP contribution in [0.2, 0.25) is 5.02 Å². The topological polar surface area (TPSA) is 55.1 Å². The van der Waals surface area contributed by atoms with Gasteiger partial charge in [-0.3, -0.25) is 4.79 Å². The van der Waals surface area contributed by atoms with Crippen molar-refractivity contribution in [3.05, 3.63) is 34.9 Å². The molecule has 1 amide bonds. The highest BCUT2D eigenvalue weighted by Crippen LogP contribution is 2.46. The molecule has 0 heterocycles. The Balaban J connectivity index is 2.12. The summed E-state index contributed by atoms with van der Waals surface area (Å²) in [6.07, 6.45) is 1.45. The summed E-state index contributed by atoms with van der Waals surface area (Å²) in [4.78, 5) is 12.8. The first-order valence-corrected chi connectivity index (χ1v) is 7.51. The summed E-state index contributed by atoms with van der Waals surface area (Å²) in [6.45, 7) is 4.01. The van der Waals surface area contributed by atoms with Gasteiger partial charge in [-0.15, -0.1) is 0 Å². The molecule has 1 aliphatic carbocycles. The zero-order valence-corrected chi connectivity index (χ0v) is 13.2. The minimum Gasteiger partial charge on any atom is -0.392 e. The molecule has 0 bridgehead atoms. The van der Waals surface area contributed by atoms with Crippen molar-refractivity contribution in [2.75, 3.05) is 0 Å². The molecule has 0 aromatic heterocycles. The first-order valence-electron chi connectivity index (χ1n) is 6.72. The van der Waals surface area contributed by atoms with Crippen molar-refractivity contribution in [2.24, 2.45) is 17.1 Å². The number of hydrogen-bond donors (Lipinski definition) is 2. The Bertz CT molecular complexity index is 540.